The van der Waals surface area contributed by atoms with Gasteiger partial charge in [-0.3, -0.25) is 9.59 Å². The van der Waals surface area contributed by atoms with Gasteiger partial charge in [-0.1, -0.05) is 58.3 Å². The Hall–Kier alpha value is -1.06. The molecule has 0 aromatic carbocycles. The monoisotopic (exact) mass is 352 g/mol. The van der Waals surface area contributed by atoms with Crippen LogP contribution in [-0.4, -0.2) is 25.2 Å². The van der Waals surface area contributed by atoms with Crippen molar-refractivity contribution in [3.63, 3.8) is 0 Å². The standard InChI is InChI=1S/C21H36O4/c1-4-20(14-10-13-17-11-8-7-9-12-17)15-21(16-20,18(22)24-5-2)19(23)25-6-3/h17H,4-16H2,1-3H3. The van der Waals surface area contributed by atoms with E-state index in [0.717, 1.165) is 18.8 Å². The van der Waals surface area contributed by atoms with Crippen molar-refractivity contribution in [1.82, 2.24) is 0 Å². The third-order valence-electron chi connectivity index (χ3n) is 6.48. The summed E-state index contributed by atoms with van der Waals surface area (Å²) in [5.41, 5.74) is -0.943. The lowest BCUT2D eigenvalue weighted by Gasteiger charge is -2.53. The molecule has 0 aromatic rings. The van der Waals surface area contributed by atoms with E-state index in [1.807, 2.05) is 0 Å². The Kier molecular flexibility index (Phi) is 7.33. The zero-order valence-corrected chi connectivity index (χ0v) is 16.4. The topological polar surface area (TPSA) is 52.6 Å². The average molecular weight is 353 g/mol. The highest BCUT2D eigenvalue weighted by Gasteiger charge is 2.63. The molecule has 0 saturated heterocycles. The van der Waals surface area contributed by atoms with Crippen molar-refractivity contribution in [3.8, 4) is 0 Å². The molecule has 0 aromatic heterocycles. The van der Waals surface area contributed by atoms with Gasteiger partial charge in [-0.05, 0) is 44.4 Å². The first-order chi connectivity index (χ1) is 12.0. The van der Waals surface area contributed by atoms with Gasteiger partial charge in [0, 0.05) is 0 Å². The molecule has 0 spiro atoms. The lowest BCUT2D eigenvalue weighted by molar-refractivity contribution is -0.192. The Bertz CT molecular complexity index is 425. The van der Waals surface area contributed by atoms with Crippen LogP contribution in [0, 0.1) is 16.7 Å². The van der Waals surface area contributed by atoms with Crippen LogP contribution in [-0.2, 0) is 19.1 Å². The van der Waals surface area contributed by atoms with E-state index in [0.29, 0.717) is 26.1 Å². The molecule has 0 N–H and O–H groups in total. The van der Waals surface area contributed by atoms with Crippen molar-refractivity contribution in [3.05, 3.63) is 0 Å². The zero-order valence-electron chi connectivity index (χ0n) is 16.4. The van der Waals surface area contributed by atoms with Crippen LogP contribution in [0.2, 0.25) is 0 Å². The minimum atomic E-state index is -1.05. The highest BCUT2D eigenvalue weighted by atomic mass is 16.6. The van der Waals surface area contributed by atoms with E-state index in [-0.39, 0.29) is 17.4 Å². The molecule has 0 bridgehead atoms. The number of carbonyl (C=O) groups excluding carboxylic acids is 2. The number of hydrogen-bond donors (Lipinski definition) is 0. The van der Waals surface area contributed by atoms with E-state index < -0.39 is 5.41 Å². The fourth-order valence-corrected chi connectivity index (χ4v) is 4.98. The van der Waals surface area contributed by atoms with Crippen LogP contribution in [0.25, 0.3) is 0 Å². The van der Waals surface area contributed by atoms with Crippen molar-refractivity contribution < 1.29 is 19.1 Å². The Morgan fingerprint density at radius 1 is 0.920 bits per heavy atom. The summed E-state index contributed by atoms with van der Waals surface area (Å²) in [6.45, 7) is 6.36. The summed E-state index contributed by atoms with van der Waals surface area (Å²) in [5.74, 6) is 0.122. The molecule has 2 fully saturated rings. The van der Waals surface area contributed by atoms with Crippen LogP contribution < -0.4 is 0 Å². The van der Waals surface area contributed by atoms with Crippen molar-refractivity contribution in [2.45, 2.75) is 91.4 Å². The second-order valence-corrected chi connectivity index (χ2v) is 8.13. The number of carbonyl (C=O) groups is 2. The van der Waals surface area contributed by atoms with Gasteiger partial charge in [0.25, 0.3) is 0 Å². The summed E-state index contributed by atoms with van der Waals surface area (Å²) >= 11 is 0. The minimum Gasteiger partial charge on any atom is -0.465 e. The van der Waals surface area contributed by atoms with Crippen LogP contribution in [0.3, 0.4) is 0 Å². The molecule has 0 unspecified atom stereocenters. The van der Waals surface area contributed by atoms with Crippen molar-refractivity contribution >= 4 is 11.9 Å². The highest BCUT2D eigenvalue weighted by Crippen LogP contribution is 2.60. The molecular formula is C21H36O4. The molecule has 0 heterocycles. The van der Waals surface area contributed by atoms with Crippen molar-refractivity contribution in [2.75, 3.05) is 13.2 Å². The molecule has 0 atom stereocenters. The third kappa shape index (κ3) is 4.57. The lowest BCUT2D eigenvalue weighted by Crippen LogP contribution is -2.57. The van der Waals surface area contributed by atoms with Gasteiger partial charge >= 0.3 is 11.9 Å². The maximum atomic E-state index is 12.5. The zero-order chi connectivity index (χ0) is 18.3. The normalized spacial score (nSPS) is 22.0. The van der Waals surface area contributed by atoms with Crippen LogP contribution in [0.5, 0.6) is 0 Å². The summed E-state index contributed by atoms with van der Waals surface area (Å²) in [6, 6.07) is 0. The van der Waals surface area contributed by atoms with Gasteiger partial charge in [0.05, 0.1) is 13.2 Å². The fourth-order valence-electron chi connectivity index (χ4n) is 4.98. The Labute approximate surface area is 153 Å². The Morgan fingerprint density at radius 2 is 1.48 bits per heavy atom. The van der Waals surface area contributed by atoms with Gasteiger partial charge < -0.3 is 9.47 Å². The third-order valence-corrected chi connectivity index (χ3v) is 6.48. The first-order valence-electron chi connectivity index (χ1n) is 10.4. The van der Waals surface area contributed by atoms with Gasteiger partial charge in [-0.15, -0.1) is 0 Å². The van der Waals surface area contributed by atoms with Gasteiger partial charge in [0.2, 0.25) is 0 Å². The number of hydrogen-bond acceptors (Lipinski definition) is 4. The summed E-state index contributed by atoms with van der Waals surface area (Å²) < 4.78 is 10.4. The van der Waals surface area contributed by atoms with Crippen LogP contribution in [0.4, 0.5) is 0 Å². The van der Waals surface area contributed by atoms with E-state index in [1.54, 1.807) is 13.8 Å². The summed E-state index contributed by atoms with van der Waals surface area (Å²) in [7, 11) is 0. The molecule has 2 rings (SSSR count). The first-order valence-corrected chi connectivity index (χ1v) is 10.4. The molecule has 144 valence electrons. The maximum absolute atomic E-state index is 12.5. The van der Waals surface area contributed by atoms with E-state index in [2.05, 4.69) is 6.92 Å². The van der Waals surface area contributed by atoms with E-state index >= 15 is 0 Å². The molecular weight excluding hydrogens is 316 g/mol. The van der Waals surface area contributed by atoms with Crippen LogP contribution in [0.1, 0.15) is 91.4 Å². The van der Waals surface area contributed by atoms with Crippen molar-refractivity contribution in [2.24, 2.45) is 16.7 Å². The van der Waals surface area contributed by atoms with Crippen LogP contribution in [0.15, 0.2) is 0 Å². The SMILES string of the molecule is CCOC(=O)C1(C(=O)OCC)CC(CC)(CCCC2CCCCC2)C1. The largest absolute Gasteiger partial charge is 0.465 e. The Balaban J connectivity index is 1.93. The van der Waals surface area contributed by atoms with Gasteiger partial charge in [0.1, 0.15) is 0 Å². The molecule has 0 amide bonds. The highest BCUT2D eigenvalue weighted by molar-refractivity contribution is 6.01. The maximum Gasteiger partial charge on any atom is 0.323 e. The second kappa shape index (κ2) is 9.05. The molecule has 2 saturated carbocycles. The number of rotatable bonds is 9. The molecule has 2 aliphatic rings. The average Bonchev–Trinajstić information content (AvgIpc) is 2.58. The summed E-state index contributed by atoms with van der Waals surface area (Å²) in [5, 5.41) is 0. The smallest absolute Gasteiger partial charge is 0.323 e. The molecule has 4 heteroatoms. The second-order valence-electron chi connectivity index (χ2n) is 8.13. The Morgan fingerprint density at radius 3 is 1.96 bits per heavy atom. The lowest BCUT2D eigenvalue weighted by atomic mass is 9.50. The molecule has 0 radical (unpaired) electrons. The van der Waals surface area contributed by atoms with Gasteiger partial charge in [-0.2, -0.15) is 0 Å². The minimum absolute atomic E-state index is 0.105. The van der Waals surface area contributed by atoms with E-state index in [4.69, 9.17) is 9.47 Å². The first kappa shape index (κ1) is 20.3. The molecule has 25 heavy (non-hydrogen) atoms. The summed E-state index contributed by atoms with van der Waals surface area (Å²) in [4.78, 5) is 24.9. The van der Waals surface area contributed by atoms with Crippen molar-refractivity contribution in [1.29, 1.82) is 0 Å². The number of esters is 2. The van der Waals surface area contributed by atoms with E-state index in [1.165, 1.54) is 44.9 Å². The molecule has 4 nitrogen and oxygen atoms in total. The number of ether oxygens (including phenoxy) is 2. The molecule has 0 aliphatic heterocycles. The van der Waals surface area contributed by atoms with E-state index in [9.17, 15) is 9.59 Å². The fraction of sp³-hybridized carbons (Fsp3) is 0.905. The summed E-state index contributed by atoms with van der Waals surface area (Å²) in [6.07, 6.45) is 12.8. The molecule has 2 aliphatic carbocycles. The van der Waals surface area contributed by atoms with Gasteiger partial charge in [-0.25, -0.2) is 0 Å². The predicted octanol–water partition coefficient (Wildman–Crippen LogP) is 5.04. The van der Waals surface area contributed by atoms with Gasteiger partial charge in [0.15, 0.2) is 5.41 Å². The predicted molar refractivity (Wildman–Crippen MR) is 98.1 cm³/mol. The van der Waals surface area contributed by atoms with Crippen LogP contribution >= 0.6 is 0 Å². The quantitative estimate of drug-likeness (QED) is 0.431.